The van der Waals surface area contributed by atoms with Gasteiger partial charge in [0.2, 0.25) is 10.0 Å². The molecule has 26 heavy (non-hydrogen) atoms. The molecule has 0 bridgehead atoms. The summed E-state index contributed by atoms with van der Waals surface area (Å²) >= 11 is 11.8. The van der Waals surface area contributed by atoms with E-state index >= 15 is 0 Å². The molecule has 136 valence electrons. The highest BCUT2D eigenvalue weighted by molar-refractivity contribution is 7.89. The largest absolute Gasteiger partial charge is 0.461 e. The predicted octanol–water partition coefficient (Wildman–Crippen LogP) is 3.28. The number of halogens is 2. The van der Waals surface area contributed by atoms with Gasteiger partial charge in [0.25, 0.3) is 0 Å². The number of nitriles is 1. The van der Waals surface area contributed by atoms with Crippen LogP contribution >= 0.6 is 23.2 Å². The standard InChI is InChI=1S/C17H14Cl2N2O4S/c18-14-6-3-7-15(19)17(14)26(23,24)21-9-8-16(22)25-11-13-5-2-1-4-12(13)10-20/h1-7,21H,8-9,11H2. The second-order valence-electron chi connectivity index (χ2n) is 5.13. The van der Waals surface area contributed by atoms with Gasteiger partial charge >= 0.3 is 5.97 Å². The van der Waals surface area contributed by atoms with Crippen molar-refractivity contribution in [3.8, 4) is 6.07 Å². The van der Waals surface area contributed by atoms with Gasteiger partial charge in [0.15, 0.2) is 0 Å². The molecule has 0 radical (unpaired) electrons. The summed E-state index contributed by atoms with van der Waals surface area (Å²) in [5, 5.41) is 8.95. The van der Waals surface area contributed by atoms with Crippen molar-refractivity contribution in [1.82, 2.24) is 4.72 Å². The summed E-state index contributed by atoms with van der Waals surface area (Å²) in [5.41, 5.74) is 0.987. The van der Waals surface area contributed by atoms with Crippen molar-refractivity contribution in [3.05, 3.63) is 63.6 Å². The maximum absolute atomic E-state index is 12.3. The monoisotopic (exact) mass is 412 g/mol. The highest BCUT2D eigenvalue weighted by Crippen LogP contribution is 2.28. The molecule has 0 aromatic heterocycles. The molecule has 9 heteroatoms. The third kappa shape index (κ3) is 5.19. The minimum Gasteiger partial charge on any atom is -0.461 e. The highest BCUT2D eigenvalue weighted by Gasteiger charge is 2.21. The molecule has 0 heterocycles. The van der Waals surface area contributed by atoms with E-state index in [-0.39, 0.29) is 34.5 Å². The normalized spacial score (nSPS) is 11.0. The van der Waals surface area contributed by atoms with E-state index in [0.717, 1.165) is 0 Å². The fourth-order valence-electron chi connectivity index (χ4n) is 2.08. The van der Waals surface area contributed by atoms with Crippen LogP contribution in [0.4, 0.5) is 0 Å². The predicted molar refractivity (Wildman–Crippen MR) is 97.2 cm³/mol. The molecule has 0 saturated heterocycles. The number of carbonyl (C=O) groups is 1. The van der Waals surface area contributed by atoms with Gasteiger partial charge in [0, 0.05) is 12.1 Å². The average Bonchev–Trinajstić information content (AvgIpc) is 2.59. The van der Waals surface area contributed by atoms with Gasteiger partial charge in [0.1, 0.15) is 11.5 Å². The number of nitrogens with zero attached hydrogens (tertiary/aromatic N) is 1. The van der Waals surface area contributed by atoms with Crippen molar-refractivity contribution in [1.29, 1.82) is 5.26 Å². The first-order chi connectivity index (χ1) is 12.3. The maximum Gasteiger partial charge on any atom is 0.307 e. The zero-order valence-corrected chi connectivity index (χ0v) is 15.7. The van der Waals surface area contributed by atoms with Crippen LogP contribution in [0, 0.1) is 11.3 Å². The fourth-order valence-corrected chi connectivity index (χ4v) is 4.26. The Balaban J connectivity index is 1.89. The lowest BCUT2D eigenvalue weighted by atomic mass is 10.1. The quantitative estimate of drug-likeness (QED) is 0.703. The molecule has 6 nitrogen and oxygen atoms in total. The van der Waals surface area contributed by atoms with Gasteiger partial charge < -0.3 is 4.74 Å². The molecule has 0 spiro atoms. The highest BCUT2D eigenvalue weighted by atomic mass is 35.5. The Morgan fingerprint density at radius 2 is 1.77 bits per heavy atom. The smallest absolute Gasteiger partial charge is 0.307 e. The molecular formula is C17H14Cl2N2O4S. The van der Waals surface area contributed by atoms with E-state index in [1.54, 1.807) is 24.3 Å². The van der Waals surface area contributed by atoms with E-state index in [9.17, 15) is 13.2 Å². The first-order valence-electron chi connectivity index (χ1n) is 7.42. The summed E-state index contributed by atoms with van der Waals surface area (Å²) in [6.07, 6.45) is -0.185. The van der Waals surface area contributed by atoms with Gasteiger partial charge in [-0.2, -0.15) is 5.26 Å². The Kier molecular flexibility index (Phi) is 7.00. The number of esters is 1. The van der Waals surface area contributed by atoms with Crippen molar-refractivity contribution in [2.45, 2.75) is 17.9 Å². The van der Waals surface area contributed by atoms with Crippen molar-refractivity contribution < 1.29 is 17.9 Å². The van der Waals surface area contributed by atoms with Crippen molar-refractivity contribution in [2.24, 2.45) is 0 Å². The topological polar surface area (TPSA) is 96.3 Å². The molecule has 0 aliphatic rings. The Hall–Kier alpha value is -2.11. The number of rotatable bonds is 7. The lowest BCUT2D eigenvalue weighted by molar-refractivity contribution is -0.144. The number of benzene rings is 2. The van der Waals surface area contributed by atoms with Gasteiger partial charge in [-0.05, 0) is 18.2 Å². The maximum atomic E-state index is 12.3. The molecule has 0 amide bonds. The minimum absolute atomic E-state index is 0.0133. The number of hydrogen-bond acceptors (Lipinski definition) is 5. The zero-order valence-electron chi connectivity index (χ0n) is 13.4. The molecule has 0 aliphatic carbocycles. The van der Waals surface area contributed by atoms with E-state index in [2.05, 4.69) is 4.72 Å². The molecule has 2 rings (SSSR count). The number of carbonyl (C=O) groups excluding carboxylic acids is 1. The SMILES string of the molecule is N#Cc1ccccc1COC(=O)CCNS(=O)(=O)c1c(Cl)cccc1Cl. The third-order valence-corrected chi connectivity index (χ3v) is 5.75. The summed E-state index contributed by atoms with van der Waals surface area (Å²) in [6.45, 7) is -0.242. The van der Waals surface area contributed by atoms with E-state index < -0.39 is 16.0 Å². The third-order valence-electron chi connectivity index (χ3n) is 3.34. The molecule has 0 saturated carbocycles. The van der Waals surface area contributed by atoms with Crippen LogP contribution in [0.2, 0.25) is 10.0 Å². The zero-order chi connectivity index (χ0) is 19.2. The van der Waals surface area contributed by atoms with Crippen molar-refractivity contribution in [3.63, 3.8) is 0 Å². The summed E-state index contributed by atoms with van der Waals surface area (Å²) in [6, 6.07) is 13.1. The molecule has 0 aliphatic heterocycles. The first-order valence-corrected chi connectivity index (χ1v) is 9.66. The molecule has 0 unspecified atom stereocenters. The summed E-state index contributed by atoms with van der Waals surface area (Å²) in [5.74, 6) is -0.606. The first kappa shape index (κ1) is 20.2. The van der Waals surface area contributed by atoms with Crippen LogP contribution in [0.25, 0.3) is 0 Å². The van der Waals surface area contributed by atoms with E-state index in [4.69, 9.17) is 33.2 Å². The molecular weight excluding hydrogens is 399 g/mol. The van der Waals surface area contributed by atoms with Gasteiger partial charge in [-0.3, -0.25) is 4.79 Å². The summed E-state index contributed by atoms with van der Waals surface area (Å²) in [4.78, 5) is 11.5. The van der Waals surface area contributed by atoms with Gasteiger partial charge in [-0.25, -0.2) is 13.1 Å². The Morgan fingerprint density at radius 3 is 2.42 bits per heavy atom. The fraction of sp³-hybridized carbons (Fsp3) is 0.176. The van der Waals surface area contributed by atoms with E-state index in [1.165, 1.54) is 18.2 Å². The number of sulfonamides is 1. The summed E-state index contributed by atoms with van der Waals surface area (Å²) < 4.78 is 31.8. The second-order valence-corrected chi connectivity index (χ2v) is 7.65. The van der Waals surface area contributed by atoms with Crippen LogP contribution in [0.1, 0.15) is 17.5 Å². The number of nitrogens with one attached hydrogen (secondary N) is 1. The molecule has 2 aromatic carbocycles. The Morgan fingerprint density at radius 1 is 1.12 bits per heavy atom. The van der Waals surface area contributed by atoms with Crippen LogP contribution in [0.5, 0.6) is 0 Å². The number of ether oxygens (including phenoxy) is 1. The van der Waals surface area contributed by atoms with Crippen LogP contribution in [-0.4, -0.2) is 20.9 Å². The lowest BCUT2D eigenvalue weighted by Crippen LogP contribution is -2.27. The summed E-state index contributed by atoms with van der Waals surface area (Å²) in [7, 11) is -3.96. The average molecular weight is 413 g/mol. The van der Waals surface area contributed by atoms with E-state index in [1.807, 2.05) is 6.07 Å². The molecule has 0 fully saturated rings. The Bertz CT molecular complexity index is 935. The van der Waals surface area contributed by atoms with Gasteiger partial charge in [0.05, 0.1) is 28.1 Å². The van der Waals surface area contributed by atoms with Crippen LogP contribution < -0.4 is 4.72 Å². The lowest BCUT2D eigenvalue weighted by Gasteiger charge is -2.10. The minimum atomic E-state index is -3.96. The van der Waals surface area contributed by atoms with Crippen LogP contribution in [-0.2, 0) is 26.2 Å². The van der Waals surface area contributed by atoms with Gasteiger partial charge in [-0.15, -0.1) is 0 Å². The molecule has 0 atom stereocenters. The molecule has 1 N–H and O–H groups in total. The van der Waals surface area contributed by atoms with Crippen molar-refractivity contribution in [2.75, 3.05) is 6.54 Å². The second kappa shape index (κ2) is 9.01. The Labute approximate surface area is 161 Å². The van der Waals surface area contributed by atoms with Crippen LogP contribution in [0.3, 0.4) is 0 Å². The number of hydrogen-bond donors (Lipinski definition) is 1. The van der Waals surface area contributed by atoms with Crippen LogP contribution in [0.15, 0.2) is 47.4 Å². The van der Waals surface area contributed by atoms with Crippen molar-refractivity contribution >= 4 is 39.2 Å². The van der Waals surface area contributed by atoms with E-state index in [0.29, 0.717) is 11.1 Å². The van der Waals surface area contributed by atoms with Gasteiger partial charge in [-0.1, -0.05) is 47.5 Å². The molecule has 2 aromatic rings.